The lowest BCUT2D eigenvalue weighted by atomic mass is 9.93. The van der Waals surface area contributed by atoms with E-state index in [4.69, 9.17) is 9.47 Å². The fraction of sp³-hybridized carbons (Fsp3) is 0.643. The summed E-state index contributed by atoms with van der Waals surface area (Å²) in [6.45, 7) is 10.7. The smallest absolute Gasteiger partial charge is 0.232 e. The number of anilines is 1. The number of hydrogen-bond acceptors (Lipinski definition) is 6. The lowest BCUT2D eigenvalue weighted by Gasteiger charge is -2.45. The fourth-order valence-electron chi connectivity index (χ4n) is 6.25. The number of hydrogen-bond donors (Lipinski definition) is 1. The van der Waals surface area contributed by atoms with E-state index in [0.717, 1.165) is 69.8 Å². The molecule has 4 fully saturated rings. The summed E-state index contributed by atoms with van der Waals surface area (Å²) < 4.78 is 11.1. The van der Waals surface area contributed by atoms with Crippen molar-refractivity contribution in [1.29, 1.82) is 0 Å². The summed E-state index contributed by atoms with van der Waals surface area (Å²) in [5.41, 5.74) is 4.79. The number of allylic oxidation sites excluding steroid dienone is 1. The molecule has 1 aliphatic carbocycles. The fourth-order valence-corrected chi connectivity index (χ4v) is 6.25. The van der Waals surface area contributed by atoms with E-state index in [2.05, 4.69) is 52.9 Å². The zero-order valence-electron chi connectivity index (χ0n) is 21.1. The van der Waals surface area contributed by atoms with Gasteiger partial charge in [0.1, 0.15) is 0 Å². The maximum absolute atomic E-state index is 11.0. The summed E-state index contributed by atoms with van der Waals surface area (Å²) >= 11 is 0. The number of benzene rings is 1. The van der Waals surface area contributed by atoms with Crippen LogP contribution >= 0.6 is 0 Å². The van der Waals surface area contributed by atoms with E-state index in [1.54, 1.807) is 6.21 Å². The molecule has 5 rings (SSSR count). The first kappa shape index (κ1) is 24.6. The van der Waals surface area contributed by atoms with Gasteiger partial charge in [-0.2, -0.15) is 0 Å². The lowest BCUT2D eigenvalue weighted by molar-refractivity contribution is -0.106. The molecule has 3 saturated heterocycles. The van der Waals surface area contributed by atoms with Gasteiger partial charge < -0.3 is 19.5 Å². The minimum absolute atomic E-state index is 0.299. The van der Waals surface area contributed by atoms with E-state index >= 15 is 0 Å². The molecule has 3 atom stereocenters. The van der Waals surface area contributed by atoms with Gasteiger partial charge in [0.05, 0.1) is 24.9 Å². The molecule has 3 unspecified atom stereocenters. The van der Waals surface area contributed by atoms with E-state index in [1.165, 1.54) is 17.7 Å². The van der Waals surface area contributed by atoms with Gasteiger partial charge in [-0.25, -0.2) is 4.99 Å². The highest BCUT2D eigenvalue weighted by atomic mass is 16.5. The SMILES string of the molecule is CCc1cc(/C=N\C=O)c(/C=C/C2CC23CCOCC3)cc1N1CCN(C2(C)COCC2O)CC1. The second kappa shape index (κ2) is 10.1. The van der Waals surface area contributed by atoms with Crippen molar-refractivity contribution in [2.45, 2.75) is 51.2 Å². The number of piperazine rings is 1. The number of aliphatic hydroxyl groups excluding tert-OH is 1. The van der Waals surface area contributed by atoms with Crippen LogP contribution in [0.5, 0.6) is 0 Å². The summed E-state index contributed by atoms with van der Waals surface area (Å²) in [7, 11) is 0. The van der Waals surface area contributed by atoms with Crippen LogP contribution in [0.25, 0.3) is 6.08 Å². The Morgan fingerprint density at radius 2 is 1.91 bits per heavy atom. The van der Waals surface area contributed by atoms with Crippen LogP contribution in [0.4, 0.5) is 5.69 Å². The molecule has 0 aromatic heterocycles. The molecular weight excluding hydrogens is 442 g/mol. The number of carbonyl (C=O) groups excluding carboxylic acids is 1. The molecule has 3 aliphatic heterocycles. The third-order valence-electron chi connectivity index (χ3n) is 8.92. The van der Waals surface area contributed by atoms with Gasteiger partial charge in [-0.3, -0.25) is 9.69 Å². The molecule has 4 aliphatic rings. The molecule has 1 amide bonds. The van der Waals surface area contributed by atoms with Crippen LogP contribution in [0, 0.1) is 11.3 Å². The second-order valence-corrected chi connectivity index (χ2v) is 10.9. The Balaban J connectivity index is 1.36. The van der Waals surface area contributed by atoms with E-state index in [9.17, 15) is 9.90 Å². The zero-order chi connectivity index (χ0) is 24.5. The number of aliphatic imine (C=N–C) groups is 1. The Hall–Kier alpha value is -2.06. The molecule has 35 heavy (non-hydrogen) atoms. The van der Waals surface area contributed by atoms with Crippen LogP contribution in [0.1, 0.15) is 49.8 Å². The van der Waals surface area contributed by atoms with E-state index in [1.807, 2.05) is 0 Å². The van der Waals surface area contributed by atoms with Crippen molar-refractivity contribution in [3.63, 3.8) is 0 Å². The lowest BCUT2D eigenvalue weighted by Crippen LogP contribution is -2.60. The molecule has 1 saturated carbocycles. The van der Waals surface area contributed by atoms with Crippen LogP contribution in [0.15, 0.2) is 23.2 Å². The Bertz CT molecular complexity index is 979. The maximum atomic E-state index is 11.0. The molecule has 0 radical (unpaired) electrons. The first-order chi connectivity index (χ1) is 17.0. The standard InChI is InChI=1S/C28H39N3O4/c1-3-21-14-23(17-29-20-32)22(4-5-24-16-28(24)6-12-34-13-7-28)15-25(21)30-8-10-31(11-9-30)27(2)19-35-18-26(27)33/h4-5,14-15,17,20,24,26,33H,3,6-13,16,18-19H2,1-2H3/b5-4+,29-17-. The predicted molar refractivity (Wildman–Crippen MR) is 138 cm³/mol. The number of aliphatic hydroxyl groups is 1. The average molecular weight is 482 g/mol. The first-order valence-corrected chi connectivity index (χ1v) is 13.1. The molecule has 0 bridgehead atoms. The monoisotopic (exact) mass is 481 g/mol. The Morgan fingerprint density at radius 1 is 1.14 bits per heavy atom. The summed E-state index contributed by atoms with van der Waals surface area (Å²) in [6, 6.07) is 4.48. The van der Waals surface area contributed by atoms with E-state index in [0.29, 0.717) is 31.0 Å². The number of amides is 1. The highest BCUT2D eigenvalue weighted by Gasteiger charge is 2.52. The molecule has 7 heteroatoms. The Kier molecular flexibility index (Phi) is 7.13. The van der Waals surface area contributed by atoms with Crippen LogP contribution in [-0.2, 0) is 20.7 Å². The minimum Gasteiger partial charge on any atom is -0.389 e. The van der Waals surface area contributed by atoms with Crippen LogP contribution in [0.2, 0.25) is 0 Å². The van der Waals surface area contributed by atoms with Crippen molar-refractivity contribution in [3.8, 4) is 0 Å². The van der Waals surface area contributed by atoms with Crippen molar-refractivity contribution < 1.29 is 19.4 Å². The summed E-state index contributed by atoms with van der Waals surface area (Å²) in [5.74, 6) is 0.612. The molecular formula is C28H39N3O4. The molecule has 1 aromatic rings. The third kappa shape index (κ3) is 4.84. The van der Waals surface area contributed by atoms with Crippen molar-refractivity contribution in [1.82, 2.24) is 4.90 Å². The maximum Gasteiger partial charge on any atom is 0.232 e. The predicted octanol–water partition coefficient (Wildman–Crippen LogP) is 2.93. The zero-order valence-corrected chi connectivity index (χ0v) is 21.1. The average Bonchev–Trinajstić information content (AvgIpc) is 3.43. The van der Waals surface area contributed by atoms with Gasteiger partial charge in [-0.15, -0.1) is 0 Å². The van der Waals surface area contributed by atoms with Crippen molar-refractivity contribution >= 4 is 24.4 Å². The summed E-state index contributed by atoms with van der Waals surface area (Å²) in [5, 5.41) is 10.5. The first-order valence-electron chi connectivity index (χ1n) is 13.1. The van der Waals surface area contributed by atoms with Crippen LogP contribution in [-0.4, -0.2) is 86.9 Å². The van der Waals surface area contributed by atoms with E-state index < -0.39 is 6.10 Å². The highest BCUT2D eigenvalue weighted by molar-refractivity contribution is 5.90. The highest BCUT2D eigenvalue weighted by Crippen LogP contribution is 2.60. The van der Waals surface area contributed by atoms with Gasteiger partial charge in [0.25, 0.3) is 0 Å². The van der Waals surface area contributed by atoms with Gasteiger partial charge in [0, 0.05) is 56.9 Å². The molecule has 190 valence electrons. The Labute approximate surface area is 208 Å². The molecule has 1 aromatic carbocycles. The topological polar surface area (TPSA) is 74.6 Å². The summed E-state index contributed by atoms with van der Waals surface area (Å²) in [4.78, 5) is 19.7. The largest absolute Gasteiger partial charge is 0.389 e. The quantitative estimate of drug-likeness (QED) is 0.477. The number of carbonyl (C=O) groups is 1. The minimum atomic E-state index is -0.435. The van der Waals surface area contributed by atoms with Crippen molar-refractivity contribution in [2.75, 3.05) is 57.5 Å². The molecule has 1 spiro atoms. The molecule has 3 heterocycles. The molecule has 7 nitrogen and oxygen atoms in total. The number of nitrogens with zero attached hydrogens (tertiary/aromatic N) is 3. The van der Waals surface area contributed by atoms with Crippen molar-refractivity contribution in [3.05, 3.63) is 34.9 Å². The van der Waals surface area contributed by atoms with Crippen molar-refractivity contribution in [2.24, 2.45) is 16.3 Å². The van der Waals surface area contributed by atoms with Gasteiger partial charge in [0.2, 0.25) is 6.41 Å². The summed E-state index contributed by atoms with van der Waals surface area (Å²) in [6.07, 6.45) is 10.9. The normalized spacial score (nSPS) is 31.1. The van der Waals surface area contributed by atoms with Gasteiger partial charge in [0.15, 0.2) is 0 Å². The number of rotatable bonds is 7. The number of aryl methyl sites for hydroxylation is 1. The van der Waals surface area contributed by atoms with Gasteiger partial charge in [-0.1, -0.05) is 19.1 Å². The second-order valence-electron chi connectivity index (χ2n) is 10.9. The van der Waals surface area contributed by atoms with Gasteiger partial charge >= 0.3 is 0 Å². The molecule has 1 N–H and O–H groups in total. The van der Waals surface area contributed by atoms with Gasteiger partial charge in [-0.05, 0) is 67.2 Å². The van der Waals surface area contributed by atoms with Crippen LogP contribution < -0.4 is 4.90 Å². The third-order valence-corrected chi connectivity index (χ3v) is 8.92. The Morgan fingerprint density at radius 3 is 2.57 bits per heavy atom. The van der Waals surface area contributed by atoms with E-state index in [-0.39, 0.29) is 5.54 Å². The number of ether oxygens (including phenoxy) is 2. The van der Waals surface area contributed by atoms with Crippen LogP contribution in [0.3, 0.4) is 0 Å².